The van der Waals surface area contributed by atoms with Crippen molar-refractivity contribution in [3.05, 3.63) is 42.7 Å². The van der Waals surface area contributed by atoms with Gasteiger partial charge in [-0.3, -0.25) is 0 Å². The van der Waals surface area contributed by atoms with Crippen LogP contribution >= 0.6 is 0 Å². The van der Waals surface area contributed by atoms with Crippen molar-refractivity contribution in [2.24, 2.45) is 0 Å². The number of ether oxygens (including phenoxy) is 1. The molecule has 0 unspecified atom stereocenters. The van der Waals surface area contributed by atoms with Gasteiger partial charge in [0, 0.05) is 12.4 Å². The van der Waals surface area contributed by atoms with Gasteiger partial charge >= 0.3 is 6.36 Å². The van der Waals surface area contributed by atoms with Gasteiger partial charge in [0.05, 0.1) is 12.0 Å². The molecule has 1 aromatic carbocycles. The van der Waals surface area contributed by atoms with Crippen molar-refractivity contribution >= 4 is 0 Å². The van der Waals surface area contributed by atoms with Gasteiger partial charge in [0.15, 0.2) is 11.6 Å². The van der Waals surface area contributed by atoms with Crippen LogP contribution in [0.5, 0.6) is 5.75 Å². The Labute approximate surface area is 93.3 Å². The van der Waals surface area contributed by atoms with Crippen LogP contribution in [0.25, 0.3) is 5.69 Å². The SMILES string of the molecule is Fc1c(OC(F)(F)F)cccc1-n1ccnc1. The molecule has 0 aliphatic heterocycles. The molecule has 1 heterocycles. The molecule has 0 atom stereocenters. The topological polar surface area (TPSA) is 27.1 Å². The van der Waals surface area contributed by atoms with E-state index >= 15 is 0 Å². The van der Waals surface area contributed by atoms with Crippen LogP contribution in [0.1, 0.15) is 0 Å². The smallest absolute Gasteiger partial charge is 0.403 e. The number of hydrogen-bond donors (Lipinski definition) is 0. The summed E-state index contributed by atoms with van der Waals surface area (Å²) in [6, 6.07) is 3.49. The van der Waals surface area contributed by atoms with Crippen LogP contribution < -0.4 is 4.74 Å². The third kappa shape index (κ3) is 2.55. The van der Waals surface area contributed by atoms with E-state index in [4.69, 9.17) is 0 Å². The minimum absolute atomic E-state index is 0.0655. The second-order valence-corrected chi connectivity index (χ2v) is 3.11. The Morgan fingerprint density at radius 1 is 1.24 bits per heavy atom. The Hall–Kier alpha value is -2.05. The molecule has 1 aromatic heterocycles. The zero-order valence-corrected chi connectivity index (χ0v) is 8.28. The minimum atomic E-state index is -4.92. The Morgan fingerprint density at radius 2 is 2.00 bits per heavy atom. The molecule has 0 radical (unpaired) electrons. The van der Waals surface area contributed by atoms with Crippen LogP contribution in [0.3, 0.4) is 0 Å². The largest absolute Gasteiger partial charge is 0.573 e. The minimum Gasteiger partial charge on any atom is -0.403 e. The molecule has 0 N–H and O–H groups in total. The average molecular weight is 246 g/mol. The molecule has 17 heavy (non-hydrogen) atoms. The van der Waals surface area contributed by atoms with Gasteiger partial charge < -0.3 is 9.30 Å². The third-order valence-corrected chi connectivity index (χ3v) is 1.95. The van der Waals surface area contributed by atoms with E-state index in [1.165, 1.54) is 35.4 Å². The molecule has 0 aliphatic carbocycles. The number of hydrogen-bond acceptors (Lipinski definition) is 2. The molecule has 0 amide bonds. The fourth-order valence-electron chi connectivity index (χ4n) is 1.30. The van der Waals surface area contributed by atoms with Crippen molar-refractivity contribution in [3.63, 3.8) is 0 Å². The zero-order chi connectivity index (χ0) is 12.5. The van der Waals surface area contributed by atoms with Crippen LogP contribution in [-0.2, 0) is 0 Å². The number of benzene rings is 1. The van der Waals surface area contributed by atoms with Crippen LogP contribution in [-0.4, -0.2) is 15.9 Å². The van der Waals surface area contributed by atoms with Crippen LogP contribution in [0, 0.1) is 5.82 Å². The first kappa shape index (κ1) is 11.4. The molecular formula is C10H6F4N2O. The first-order valence-corrected chi connectivity index (χ1v) is 4.50. The van der Waals surface area contributed by atoms with Crippen molar-refractivity contribution in [1.29, 1.82) is 0 Å². The lowest BCUT2D eigenvalue weighted by Gasteiger charge is -2.11. The number of halogens is 4. The molecule has 2 rings (SSSR count). The summed E-state index contributed by atoms with van der Waals surface area (Å²) in [7, 11) is 0. The highest BCUT2D eigenvalue weighted by atomic mass is 19.4. The summed E-state index contributed by atoms with van der Waals surface area (Å²) in [6.07, 6.45) is -0.851. The van der Waals surface area contributed by atoms with Gasteiger partial charge in [0.2, 0.25) is 0 Å². The van der Waals surface area contributed by atoms with Crippen molar-refractivity contribution in [2.75, 3.05) is 0 Å². The van der Waals surface area contributed by atoms with Crippen molar-refractivity contribution in [3.8, 4) is 11.4 Å². The summed E-state index contributed by atoms with van der Waals surface area (Å²) in [4.78, 5) is 3.68. The van der Waals surface area contributed by atoms with E-state index in [1.807, 2.05) is 0 Å². The Bertz CT molecular complexity index is 508. The normalized spacial score (nSPS) is 11.5. The number of nitrogens with zero attached hydrogens (tertiary/aromatic N) is 2. The summed E-state index contributed by atoms with van der Waals surface area (Å²) >= 11 is 0. The van der Waals surface area contributed by atoms with Gasteiger partial charge in [-0.05, 0) is 12.1 Å². The molecule has 0 fully saturated rings. The van der Waals surface area contributed by atoms with Gasteiger partial charge in [-0.15, -0.1) is 13.2 Å². The summed E-state index contributed by atoms with van der Waals surface area (Å²) in [5.74, 6) is -1.97. The molecule has 0 spiro atoms. The summed E-state index contributed by atoms with van der Waals surface area (Å²) < 4.78 is 54.5. The van der Waals surface area contributed by atoms with E-state index in [0.717, 1.165) is 6.07 Å². The molecular weight excluding hydrogens is 240 g/mol. The zero-order valence-electron chi connectivity index (χ0n) is 8.28. The summed E-state index contributed by atoms with van der Waals surface area (Å²) in [5.41, 5.74) is -0.0655. The van der Waals surface area contributed by atoms with Crippen LogP contribution in [0.15, 0.2) is 36.9 Å². The second kappa shape index (κ2) is 4.08. The van der Waals surface area contributed by atoms with Gasteiger partial charge in [-0.25, -0.2) is 9.37 Å². The molecule has 0 saturated carbocycles. The average Bonchev–Trinajstić information content (AvgIpc) is 2.72. The van der Waals surface area contributed by atoms with Gasteiger partial charge in [0.1, 0.15) is 0 Å². The predicted molar refractivity (Wildman–Crippen MR) is 50.2 cm³/mol. The van der Waals surface area contributed by atoms with Crippen LogP contribution in [0.4, 0.5) is 17.6 Å². The highest BCUT2D eigenvalue weighted by Gasteiger charge is 2.32. The number of alkyl halides is 3. The maximum absolute atomic E-state index is 13.7. The lowest BCUT2D eigenvalue weighted by molar-refractivity contribution is -0.275. The number of rotatable bonds is 2. The molecule has 2 aromatic rings. The second-order valence-electron chi connectivity index (χ2n) is 3.11. The van der Waals surface area contributed by atoms with Crippen molar-refractivity contribution < 1.29 is 22.3 Å². The molecule has 90 valence electrons. The molecule has 0 aliphatic rings. The van der Waals surface area contributed by atoms with E-state index in [1.54, 1.807) is 0 Å². The first-order chi connectivity index (χ1) is 7.97. The number of imidazole rings is 1. The standard InChI is InChI=1S/C10H6F4N2O/c11-9-7(16-5-4-15-6-16)2-1-3-8(9)17-10(12,13)14/h1-6H. The Morgan fingerprint density at radius 3 is 2.59 bits per heavy atom. The fraction of sp³-hybridized carbons (Fsp3) is 0.100. The van der Waals surface area contributed by atoms with E-state index in [9.17, 15) is 17.6 Å². The third-order valence-electron chi connectivity index (χ3n) is 1.95. The highest BCUT2D eigenvalue weighted by molar-refractivity contribution is 5.41. The monoisotopic (exact) mass is 246 g/mol. The first-order valence-electron chi connectivity index (χ1n) is 4.50. The maximum Gasteiger partial charge on any atom is 0.573 e. The molecule has 0 saturated heterocycles. The van der Waals surface area contributed by atoms with Gasteiger partial charge in [-0.2, -0.15) is 0 Å². The molecule has 7 heteroatoms. The highest BCUT2D eigenvalue weighted by Crippen LogP contribution is 2.28. The maximum atomic E-state index is 13.7. The fourth-order valence-corrected chi connectivity index (χ4v) is 1.30. The van der Waals surface area contributed by atoms with Crippen molar-refractivity contribution in [2.45, 2.75) is 6.36 Å². The Kier molecular flexibility index (Phi) is 2.74. The summed E-state index contributed by atoms with van der Waals surface area (Å²) in [5, 5.41) is 0. The molecule has 0 bridgehead atoms. The summed E-state index contributed by atoms with van der Waals surface area (Å²) in [6.45, 7) is 0. The lowest BCUT2D eigenvalue weighted by atomic mass is 10.3. The lowest BCUT2D eigenvalue weighted by Crippen LogP contribution is -2.18. The van der Waals surface area contributed by atoms with E-state index in [0.29, 0.717) is 0 Å². The molecule has 3 nitrogen and oxygen atoms in total. The quantitative estimate of drug-likeness (QED) is 0.762. The van der Waals surface area contributed by atoms with Crippen molar-refractivity contribution in [1.82, 2.24) is 9.55 Å². The van der Waals surface area contributed by atoms with Crippen LogP contribution in [0.2, 0.25) is 0 Å². The Balaban J connectivity index is 2.41. The number of aromatic nitrogens is 2. The predicted octanol–water partition coefficient (Wildman–Crippen LogP) is 2.91. The van der Waals surface area contributed by atoms with E-state index in [2.05, 4.69) is 9.72 Å². The van der Waals surface area contributed by atoms with Gasteiger partial charge in [-0.1, -0.05) is 6.07 Å². The van der Waals surface area contributed by atoms with Gasteiger partial charge in [0.25, 0.3) is 0 Å². The van der Waals surface area contributed by atoms with E-state index in [-0.39, 0.29) is 5.69 Å². The van der Waals surface area contributed by atoms with E-state index < -0.39 is 17.9 Å².